The molecule has 0 saturated carbocycles. The number of aromatic nitrogens is 3. The Hall–Kier alpha value is -4.13. The minimum Gasteiger partial charge on any atom is -0.496 e. The van der Waals surface area contributed by atoms with E-state index in [2.05, 4.69) is 21.0 Å². The minimum absolute atomic E-state index is 0.172. The number of anilines is 1. The average molecular weight is 455 g/mol. The minimum atomic E-state index is -0.172. The van der Waals surface area contributed by atoms with Gasteiger partial charge in [0.25, 0.3) is 0 Å². The Kier molecular flexibility index (Phi) is 5.52. The van der Waals surface area contributed by atoms with E-state index in [1.807, 2.05) is 47.5 Å². The Morgan fingerprint density at radius 3 is 2.73 bits per heavy atom. The van der Waals surface area contributed by atoms with E-state index in [1.54, 1.807) is 25.4 Å². The standard InChI is InChI=1S/C24H18N6O2S/c1-32-21-5-3-2-4-17(21)18-12-30(14-27-20(18)13-31)24-29-22-23(33-24)28-19(11-26-22)16-8-6-15(10-25)7-9-16/h2-9,11-12,31H,13-14H2,1H3. The molecule has 0 atom stereocenters. The molecule has 0 radical (unpaired) electrons. The van der Waals surface area contributed by atoms with E-state index < -0.39 is 0 Å². The van der Waals surface area contributed by atoms with Gasteiger partial charge in [-0.3, -0.25) is 4.99 Å². The maximum atomic E-state index is 9.85. The van der Waals surface area contributed by atoms with Gasteiger partial charge in [-0.25, -0.2) is 9.97 Å². The van der Waals surface area contributed by atoms with Crippen LogP contribution in [0.5, 0.6) is 5.75 Å². The summed E-state index contributed by atoms with van der Waals surface area (Å²) >= 11 is 1.42. The second-order valence-electron chi connectivity index (χ2n) is 7.19. The van der Waals surface area contributed by atoms with Crippen LogP contribution in [0.25, 0.3) is 27.3 Å². The van der Waals surface area contributed by atoms with Gasteiger partial charge < -0.3 is 14.7 Å². The summed E-state index contributed by atoms with van der Waals surface area (Å²) in [6.07, 6.45) is 3.61. The Bertz CT molecular complexity index is 1440. The topological polar surface area (TPSA) is 108 Å². The van der Waals surface area contributed by atoms with Crippen LogP contribution >= 0.6 is 11.3 Å². The number of nitrogens with zero attached hydrogens (tertiary/aromatic N) is 6. The number of aliphatic hydroxyl groups excluding tert-OH is 1. The molecule has 5 rings (SSSR count). The Labute approximate surface area is 193 Å². The van der Waals surface area contributed by atoms with Crippen molar-refractivity contribution in [3.63, 3.8) is 0 Å². The number of fused-ring (bicyclic) bond motifs is 1. The molecule has 1 aliphatic rings. The van der Waals surface area contributed by atoms with E-state index in [-0.39, 0.29) is 6.61 Å². The van der Waals surface area contributed by atoms with Crippen LogP contribution in [0.3, 0.4) is 0 Å². The van der Waals surface area contributed by atoms with E-state index in [0.717, 1.165) is 16.7 Å². The summed E-state index contributed by atoms with van der Waals surface area (Å²) in [6.45, 7) is 0.158. The molecule has 0 fully saturated rings. The lowest BCUT2D eigenvalue weighted by Crippen LogP contribution is -2.25. The van der Waals surface area contributed by atoms with Crippen molar-refractivity contribution in [1.82, 2.24) is 15.0 Å². The smallest absolute Gasteiger partial charge is 0.195 e. The molecule has 2 aromatic carbocycles. The predicted octanol–water partition coefficient (Wildman–Crippen LogP) is 3.89. The summed E-state index contributed by atoms with van der Waals surface area (Å²) < 4.78 is 5.50. The van der Waals surface area contributed by atoms with Crippen LogP contribution in [-0.4, -0.2) is 46.2 Å². The van der Waals surface area contributed by atoms with E-state index in [4.69, 9.17) is 15.0 Å². The SMILES string of the molecule is COc1ccccc1C1=CN(c2nc3ncc(-c4ccc(C#N)cc4)nc3s2)CN=C1CO. The maximum Gasteiger partial charge on any atom is 0.195 e. The highest BCUT2D eigenvalue weighted by Gasteiger charge is 2.22. The molecule has 0 bridgehead atoms. The number of aliphatic hydroxyl groups is 1. The molecule has 0 spiro atoms. The van der Waals surface area contributed by atoms with Crippen LogP contribution in [-0.2, 0) is 0 Å². The van der Waals surface area contributed by atoms with Gasteiger partial charge >= 0.3 is 0 Å². The summed E-state index contributed by atoms with van der Waals surface area (Å²) in [5.74, 6) is 0.700. The molecule has 0 saturated heterocycles. The number of benzene rings is 2. The van der Waals surface area contributed by atoms with Crippen molar-refractivity contribution < 1.29 is 9.84 Å². The highest BCUT2D eigenvalue weighted by molar-refractivity contribution is 7.21. The molecule has 4 aromatic rings. The number of nitriles is 1. The van der Waals surface area contributed by atoms with E-state index in [1.165, 1.54) is 11.3 Å². The zero-order valence-corrected chi connectivity index (χ0v) is 18.5. The highest BCUT2D eigenvalue weighted by atomic mass is 32.1. The fourth-order valence-electron chi connectivity index (χ4n) is 3.55. The summed E-state index contributed by atoms with van der Waals surface area (Å²) in [4.78, 5) is 21.0. The first-order valence-electron chi connectivity index (χ1n) is 10.1. The molecule has 8 nitrogen and oxygen atoms in total. The maximum absolute atomic E-state index is 9.85. The molecule has 162 valence electrons. The van der Waals surface area contributed by atoms with Gasteiger partial charge in [0.2, 0.25) is 0 Å². The molecule has 0 amide bonds. The predicted molar refractivity (Wildman–Crippen MR) is 128 cm³/mol. The molecule has 2 aromatic heterocycles. The van der Waals surface area contributed by atoms with Crippen molar-refractivity contribution in [2.45, 2.75) is 0 Å². The van der Waals surface area contributed by atoms with Gasteiger partial charge in [-0.2, -0.15) is 10.2 Å². The van der Waals surface area contributed by atoms with Gasteiger partial charge in [-0.05, 0) is 18.2 Å². The molecular formula is C24H18N6O2S. The van der Waals surface area contributed by atoms with Crippen LogP contribution in [0.4, 0.5) is 5.13 Å². The van der Waals surface area contributed by atoms with Crippen LogP contribution in [0.15, 0.2) is 65.9 Å². The zero-order valence-electron chi connectivity index (χ0n) is 17.6. The van der Waals surface area contributed by atoms with Crippen LogP contribution < -0.4 is 9.64 Å². The van der Waals surface area contributed by atoms with Crippen LogP contribution in [0.2, 0.25) is 0 Å². The van der Waals surface area contributed by atoms with Crippen LogP contribution in [0, 0.1) is 11.3 Å². The number of para-hydroxylation sites is 1. The van der Waals surface area contributed by atoms with Crippen molar-refractivity contribution >= 4 is 38.2 Å². The number of rotatable bonds is 5. The van der Waals surface area contributed by atoms with E-state index in [0.29, 0.717) is 45.0 Å². The molecule has 9 heteroatoms. The van der Waals surface area contributed by atoms with Crippen molar-refractivity contribution in [3.05, 3.63) is 72.1 Å². The molecule has 0 aliphatic carbocycles. The first kappa shape index (κ1) is 20.8. The lowest BCUT2D eigenvalue weighted by Gasteiger charge is -2.24. The monoisotopic (exact) mass is 454 g/mol. The van der Waals surface area contributed by atoms with Gasteiger partial charge in [0.1, 0.15) is 12.4 Å². The summed E-state index contributed by atoms with van der Waals surface area (Å²) in [5.41, 5.74) is 4.96. The number of ether oxygens (including phenoxy) is 1. The lowest BCUT2D eigenvalue weighted by molar-refractivity contribution is 0.358. The first-order valence-corrected chi connectivity index (χ1v) is 10.9. The third kappa shape index (κ3) is 3.93. The zero-order chi connectivity index (χ0) is 22.8. The Balaban J connectivity index is 1.51. The van der Waals surface area contributed by atoms with Gasteiger partial charge in [-0.15, -0.1) is 0 Å². The number of methoxy groups -OCH3 is 1. The number of aliphatic imine (C=N–C) groups is 1. The largest absolute Gasteiger partial charge is 0.496 e. The fraction of sp³-hybridized carbons (Fsp3) is 0.125. The van der Waals surface area contributed by atoms with Crippen molar-refractivity contribution in [2.75, 3.05) is 25.3 Å². The second kappa shape index (κ2) is 8.78. The van der Waals surface area contributed by atoms with Crippen molar-refractivity contribution in [3.8, 4) is 23.1 Å². The summed E-state index contributed by atoms with van der Waals surface area (Å²) in [5, 5.41) is 19.5. The third-order valence-corrected chi connectivity index (χ3v) is 6.20. The quantitative estimate of drug-likeness (QED) is 0.487. The molecule has 0 unspecified atom stereocenters. The molecule has 1 aliphatic heterocycles. The van der Waals surface area contributed by atoms with Crippen LogP contribution in [0.1, 0.15) is 11.1 Å². The van der Waals surface area contributed by atoms with Gasteiger partial charge in [0.15, 0.2) is 15.6 Å². The van der Waals surface area contributed by atoms with Crippen molar-refractivity contribution in [2.24, 2.45) is 4.99 Å². The summed E-state index contributed by atoms with van der Waals surface area (Å²) in [6, 6.07) is 17.0. The molecule has 1 N–H and O–H groups in total. The van der Waals surface area contributed by atoms with Gasteiger partial charge in [0.05, 0.1) is 43.0 Å². The fourth-order valence-corrected chi connectivity index (χ4v) is 4.42. The summed E-state index contributed by atoms with van der Waals surface area (Å²) in [7, 11) is 1.62. The molecule has 3 heterocycles. The number of hydrogen-bond donors (Lipinski definition) is 1. The first-order chi connectivity index (χ1) is 16.2. The Morgan fingerprint density at radius 1 is 1.15 bits per heavy atom. The number of thiazole rings is 1. The Morgan fingerprint density at radius 2 is 1.97 bits per heavy atom. The average Bonchev–Trinajstić information content (AvgIpc) is 3.32. The highest BCUT2D eigenvalue weighted by Crippen LogP contribution is 2.33. The van der Waals surface area contributed by atoms with Crippen molar-refractivity contribution in [1.29, 1.82) is 5.26 Å². The number of hydrogen-bond acceptors (Lipinski definition) is 9. The molecular weight excluding hydrogens is 436 g/mol. The second-order valence-corrected chi connectivity index (χ2v) is 8.14. The van der Waals surface area contributed by atoms with Gasteiger partial charge in [0, 0.05) is 22.9 Å². The molecule has 33 heavy (non-hydrogen) atoms. The normalized spacial score (nSPS) is 13.4. The van der Waals surface area contributed by atoms with E-state index in [9.17, 15) is 5.11 Å². The lowest BCUT2D eigenvalue weighted by atomic mass is 10.0. The van der Waals surface area contributed by atoms with E-state index >= 15 is 0 Å². The van der Waals surface area contributed by atoms with Gasteiger partial charge in [-0.1, -0.05) is 41.7 Å². The third-order valence-electron chi connectivity index (χ3n) is 5.22.